The molecule has 0 unspecified atom stereocenters. The van der Waals surface area contributed by atoms with Crippen LogP contribution < -0.4 is 10.5 Å². The van der Waals surface area contributed by atoms with Crippen LogP contribution in [0.2, 0.25) is 0 Å². The first-order chi connectivity index (χ1) is 9.36. The Kier molecular flexibility index (Phi) is 4.04. The minimum atomic E-state index is 0.723. The Morgan fingerprint density at radius 1 is 1.26 bits per heavy atom. The van der Waals surface area contributed by atoms with Crippen LogP contribution in [0.1, 0.15) is 36.3 Å². The van der Waals surface area contributed by atoms with Gasteiger partial charge in [-0.15, -0.1) is 0 Å². The monoisotopic (exact) mass is 260 g/mol. The fourth-order valence-corrected chi connectivity index (χ4v) is 3.31. The zero-order valence-corrected chi connectivity index (χ0v) is 11.6. The number of hydrogen-bond acceptors (Lipinski definition) is 3. The second-order valence-electron chi connectivity index (χ2n) is 5.72. The van der Waals surface area contributed by atoms with Gasteiger partial charge in [0.05, 0.1) is 6.61 Å². The van der Waals surface area contributed by atoms with Gasteiger partial charge in [-0.05, 0) is 61.9 Å². The maximum Gasteiger partial charge on any atom is 0.122 e. The molecule has 0 amide bonds. The molecule has 0 bridgehead atoms. The molecule has 2 heterocycles. The number of likely N-dealkylation sites (tertiary alicyclic amines) is 1. The van der Waals surface area contributed by atoms with Crippen LogP contribution in [0.4, 0.5) is 0 Å². The molecule has 0 saturated carbocycles. The predicted octanol–water partition coefficient (Wildman–Crippen LogP) is 2.15. The van der Waals surface area contributed by atoms with E-state index in [1.807, 2.05) is 0 Å². The Labute approximate surface area is 115 Å². The molecule has 104 valence electrons. The molecule has 2 aliphatic rings. The van der Waals surface area contributed by atoms with Gasteiger partial charge in [-0.2, -0.15) is 0 Å². The number of aryl methyl sites for hydroxylation is 1. The predicted molar refractivity (Wildman–Crippen MR) is 77.7 cm³/mol. The summed E-state index contributed by atoms with van der Waals surface area (Å²) in [5.41, 5.74) is 8.55. The van der Waals surface area contributed by atoms with Crippen molar-refractivity contribution in [2.45, 2.75) is 31.6 Å². The lowest BCUT2D eigenvalue weighted by Gasteiger charge is -2.32. The summed E-state index contributed by atoms with van der Waals surface area (Å²) in [6, 6.07) is 6.83. The van der Waals surface area contributed by atoms with Crippen molar-refractivity contribution in [3.63, 3.8) is 0 Å². The highest BCUT2D eigenvalue weighted by molar-refractivity contribution is 5.39. The molecule has 1 aromatic rings. The molecule has 19 heavy (non-hydrogen) atoms. The Hall–Kier alpha value is -1.06. The van der Waals surface area contributed by atoms with Gasteiger partial charge in [0.2, 0.25) is 0 Å². The van der Waals surface area contributed by atoms with Gasteiger partial charge < -0.3 is 15.4 Å². The van der Waals surface area contributed by atoms with Crippen LogP contribution in [-0.2, 0) is 6.42 Å². The fraction of sp³-hybridized carbons (Fsp3) is 0.625. The number of rotatable bonds is 3. The van der Waals surface area contributed by atoms with Crippen molar-refractivity contribution >= 4 is 0 Å². The van der Waals surface area contributed by atoms with E-state index >= 15 is 0 Å². The lowest BCUT2D eigenvalue weighted by atomic mass is 9.87. The van der Waals surface area contributed by atoms with Crippen molar-refractivity contribution in [2.75, 3.05) is 32.8 Å². The van der Waals surface area contributed by atoms with Crippen LogP contribution in [0.25, 0.3) is 0 Å². The van der Waals surface area contributed by atoms with E-state index in [0.717, 1.165) is 37.8 Å². The van der Waals surface area contributed by atoms with E-state index in [2.05, 4.69) is 23.1 Å². The number of nitrogens with zero attached hydrogens (tertiary/aromatic N) is 1. The van der Waals surface area contributed by atoms with Crippen molar-refractivity contribution in [1.29, 1.82) is 0 Å². The third kappa shape index (κ3) is 2.93. The molecule has 0 aliphatic carbocycles. The van der Waals surface area contributed by atoms with E-state index in [9.17, 15) is 0 Å². The van der Waals surface area contributed by atoms with Crippen LogP contribution >= 0.6 is 0 Å². The maximum absolute atomic E-state index is 5.69. The Morgan fingerprint density at radius 3 is 2.89 bits per heavy atom. The normalized spacial score (nSPS) is 20.9. The molecule has 3 rings (SSSR count). The molecule has 0 spiro atoms. The van der Waals surface area contributed by atoms with Gasteiger partial charge in [0.15, 0.2) is 0 Å². The number of hydrogen-bond donors (Lipinski definition) is 1. The van der Waals surface area contributed by atoms with Crippen molar-refractivity contribution in [3.8, 4) is 5.75 Å². The summed E-state index contributed by atoms with van der Waals surface area (Å²) in [6.45, 7) is 5.08. The molecule has 1 saturated heterocycles. The number of piperidine rings is 1. The molecule has 0 aromatic heterocycles. The van der Waals surface area contributed by atoms with Gasteiger partial charge in [0.1, 0.15) is 5.75 Å². The number of nitrogens with two attached hydrogens (primary N) is 1. The summed E-state index contributed by atoms with van der Waals surface area (Å²) >= 11 is 0. The summed E-state index contributed by atoms with van der Waals surface area (Å²) in [5.74, 6) is 1.83. The van der Waals surface area contributed by atoms with Gasteiger partial charge >= 0.3 is 0 Å². The molecular formula is C16H24N2O. The highest BCUT2D eigenvalue weighted by atomic mass is 16.5. The van der Waals surface area contributed by atoms with Crippen molar-refractivity contribution < 1.29 is 4.74 Å². The molecule has 2 N–H and O–H groups in total. The minimum Gasteiger partial charge on any atom is -0.493 e. The standard InChI is InChI=1S/C16H24N2O/c17-7-10-18-8-5-13(6-9-18)14-3-4-16-15(12-14)2-1-11-19-16/h3-4,12-13H,1-2,5-11,17H2. The Balaban J connectivity index is 1.66. The van der Waals surface area contributed by atoms with E-state index in [-0.39, 0.29) is 0 Å². The third-order valence-electron chi connectivity index (χ3n) is 4.44. The van der Waals surface area contributed by atoms with Crippen molar-refractivity contribution in [1.82, 2.24) is 4.90 Å². The lowest BCUT2D eigenvalue weighted by molar-refractivity contribution is 0.217. The van der Waals surface area contributed by atoms with E-state index < -0.39 is 0 Å². The molecular weight excluding hydrogens is 236 g/mol. The second-order valence-corrected chi connectivity index (χ2v) is 5.72. The van der Waals surface area contributed by atoms with Gasteiger partial charge in [-0.3, -0.25) is 0 Å². The van der Waals surface area contributed by atoms with E-state index in [0.29, 0.717) is 0 Å². The van der Waals surface area contributed by atoms with Crippen molar-refractivity contribution in [3.05, 3.63) is 29.3 Å². The van der Waals surface area contributed by atoms with E-state index in [4.69, 9.17) is 10.5 Å². The zero-order valence-electron chi connectivity index (χ0n) is 11.6. The highest BCUT2D eigenvalue weighted by Gasteiger charge is 2.21. The molecule has 0 radical (unpaired) electrons. The average Bonchev–Trinajstić information content (AvgIpc) is 2.48. The van der Waals surface area contributed by atoms with Crippen molar-refractivity contribution in [2.24, 2.45) is 5.73 Å². The molecule has 2 aliphatic heterocycles. The second kappa shape index (κ2) is 5.93. The maximum atomic E-state index is 5.69. The fourth-order valence-electron chi connectivity index (χ4n) is 3.31. The first-order valence-electron chi connectivity index (χ1n) is 7.55. The number of benzene rings is 1. The summed E-state index contributed by atoms with van der Waals surface area (Å²) < 4.78 is 5.69. The van der Waals surface area contributed by atoms with Gasteiger partial charge in [-0.25, -0.2) is 0 Å². The SMILES string of the molecule is NCCN1CCC(c2ccc3c(c2)CCCO3)CC1. The first kappa shape index (κ1) is 12.9. The molecule has 3 nitrogen and oxygen atoms in total. The van der Waals surface area contributed by atoms with Gasteiger partial charge in [-0.1, -0.05) is 12.1 Å². The van der Waals surface area contributed by atoms with Crippen LogP contribution in [0.5, 0.6) is 5.75 Å². The smallest absolute Gasteiger partial charge is 0.122 e. The molecule has 1 fully saturated rings. The Morgan fingerprint density at radius 2 is 2.11 bits per heavy atom. The third-order valence-corrected chi connectivity index (χ3v) is 4.44. The van der Waals surface area contributed by atoms with E-state index in [1.54, 1.807) is 0 Å². The van der Waals surface area contributed by atoms with Gasteiger partial charge in [0.25, 0.3) is 0 Å². The van der Waals surface area contributed by atoms with Crippen LogP contribution in [-0.4, -0.2) is 37.7 Å². The van der Waals surface area contributed by atoms with Crippen LogP contribution in [0, 0.1) is 0 Å². The van der Waals surface area contributed by atoms with E-state index in [1.165, 1.54) is 43.5 Å². The molecule has 0 atom stereocenters. The topological polar surface area (TPSA) is 38.5 Å². The first-order valence-corrected chi connectivity index (χ1v) is 7.55. The largest absolute Gasteiger partial charge is 0.493 e. The Bertz CT molecular complexity index is 425. The quantitative estimate of drug-likeness (QED) is 0.905. The summed E-state index contributed by atoms with van der Waals surface area (Å²) in [7, 11) is 0. The van der Waals surface area contributed by atoms with Crippen LogP contribution in [0.3, 0.4) is 0 Å². The molecule has 1 aromatic carbocycles. The lowest BCUT2D eigenvalue weighted by Crippen LogP contribution is -2.36. The zero-order chi connectivity index (χ0) is 13.1. The van der Waals surface area contributed by atoms with Gasteiger partial charge in [0, 0.05) is 13.1 Å². The number of fused-ring (bicyclic) bond motifs is 1. The van der Waals surface area contributed by atoms with Crippen LogP contribution in [0.15, 0.2) is 18.2 Å². The average molecular weight is 260 g/mol. The molecule has 3 heteroatoms. The number of ether oxygens (including phenoxy) is 1. The summed E-state index contributed by atoms with van der Waals surface area (Å²) in [6.07, 6.45) is 4.86. The minimum absolute atomic E-state index is 0.723. The highest BCUT2D eigenvalue weighted by Crippen LogP contribution is 2.33. The summed E-state index contributed by atoms with van der Waals surface area (Å²) in [5, 5.41) is 0. The summed E-state index contributed by atoms with van der Waals surface area (Å²) in [4.78, 5) is 2.48.